The van der Waals surface area contributed by atoms with Crippen molar-refractivity contribution in [1.82, 2.24) is 4.98 Å². The number of aromatic nitrogens is 1. The quantitative estimate of drug-likeness (QED) is 0.787. The number of aryl methyl sites for hydroxylation is 1. The van der Waals surface area contributed by atoms with E-state index in [9.17, 15) is 0 Å². The van der Waals surface area contributed by atoms with Crippen LogP contribution in [0.3, 0.4) is 0 Å². The van der Waals surface area contributed by atoms with Crippen LogP contribution < -0.4 is 4.74 Å². The first-order valence-corrected chi connectivity index (χ1v) is 6.21. The molecule has 0 saturated carbocycles. The molecule has 92 valence electrons. The zero-order valence-corrected chi connectivity index (χ0v) is 10.9. The van der Waals surface area contributed by atoms with Crippen LogP contribution in [0.2, 0.25) is 5.15 Å². The van der Waals surface area contributed by atoms with Crippen LogP contribution in [0.1, 0.15) is 18.9 Å². The number of ether oxygens (including phenoxy) is 1. The van der Waals surface area contributed by atoms with Gasteiger partial charge in [0.25, 0.3) is 0 Å². The molecule has 1 aromatic heterocycles. The van der Waals surface area contributed by atoms with Gasteiger partial charge in [0, 0.05) is 11.8 Å². The smallest absolute Gasteiger partial charge is 0.133 e. The lowest BCUT2D eigenvalue weighted by molar-refractivity contribution is 0.340. The molecule has 0 aliphatic rings. The maximum absolute atomic E-state index is 8.61. The molecule has 0 aliphatic carbocycles. The van der Waals surface area contributed by atoms with Crippen molar-refractivity contribution in [3.05, 3.63) is 35.0 Å². The van der Waals surface area contributed by atoms with E-state index in [1.165, 1.54) is 0 Å². The maximum Gasteiger partial charge on any atom is 0.133 e. The first-order valence-electron chi connectivity index (χ1n) is 5.83. The molecule has 2 rings (SSSR count). The summed E-state index contributed by atoms with van der Waals surface area (Å²) < 4.78 is 5.45. The van der Waals surface area contributed by atoms with Crippen LogP contribution in [0, 0.1) is 11.3 Å². The second kappa shape index (κ2) is 5.70. The molecule has 0 radical (unpaired) electrons. The zero-order valence-electron chi connectivity index (χ0n) is 10.1. The average molecular weight is 261 g/mol. The van der Waals surface area contributed by atoms with E-state index in [0.717, 1.165) is 22.2 Å². The molecule has 0 unspecified atom stereocenters. The highest BCUT2D eigenvalue weighted by molar-refractivity contribution is 6.30. The Balaban J connectivity index is 2.43. The zero-order chi connectivity index (χ0) is 13.0. The van der Waals surface area contributed by atoms with E-state index in [0.29, 0.717) is 24.6 Å². The lowest BCUT2D eigenvalue weighted by Gasteiger charge is -2.07. The van der Waals surface area contributed by atoms with Crippen molar-refractivity contribution in [2.75, 3.05) is 6.61 Å². The molecule has 0 atom stereocenters. The molecular formula is C14H13ClN2O. The molecule has 0 aliphatic heterocycles. The Labute approximate surface area is 111 Å². The van der Waals surface area contributed by atoms with Gasteiger partial charge in [-0.15, -0.1) is 0 Å². The molecule has 0 bridgehead atoms. The topological polar surface area (TPSA) is 45.9 Å². The molecule has 0 fully saturated rings. The minimum absolute atomic E-state index is 0.443. The minimum atomic E-state index is 0.443. The third-order valence-corrected chi connectivity index (χ3v) is 2.96. The van der Waals surface area contributed by atoms with Crippen molar-refractivity contribution in [3.63, 3.8) is 0 Å². The van der Waals surface area contributed by atoms with Crippen LogP contribution in [-0.4, -0.2) is 11.6 Å². The second-order valence-corrected chi connectivity index (χ2v) is 4.24. The van der Waals surface area contributed by atoms with E-state index in [2.05, 4.69) is 11.1 Å². The van der Waals surface area contributed by atoms with E-state index in [-0.39, 0.29) is 0 Å². The third-order valence-electron chi connectivity index (χ3n) is 2.63. The molecule has 0 spiro atoms. The number of hydrogen-bond acceptors (Lipinski definition) is 3. The van der Waals surface area contributed by atoms with Crippen molar-refractivity contribution in [1.29, 1.82) is 5.26 Å². The van der Waals surface area contributed by atoms with Gasteiger partial charge in [0.15, 0.2) is 0 Å². The molecule has 2 aromatic rings. The number of rotatable bonds is 4. The molecule has 3 nitrogen and oxygen atoms in total. The summed E-state index contributed by atoms with van der Waals surface area (Å²) >= 11 is 6.09. The van der Waals surface area contributed by atoms with Crippen LogP contribution in [0.4, 0.5) is 0 Å². The summed E-state index contributed by atoms with van der Waals surface area (Å²) in [5, 5.41) is 10.1. The Hall–Kier alpha value is -1.79. The summed E-state index contributed by atoms with van der Waals surface area (Å²) in [6, 6.07) is 9.80. The fourth-order valence-corrected chi connectivity index (χ4v) is 2.04. The lowest BCUT2D eigenvalue weighted by Crippen LogP contribution is -1.93. The van der Waals surface area contributed by atoms with Gasteiger partial charge in [-0.25, -0.2) is 4.98 Å². The fraction of sp³-hybridized carbons (Fsp3) is 0.286. The predicted molar refractivity (Wildman–Crippen MR) is 71.9 cm³/mol. The van der Waals surface area contributed by atoms with E-state index in [1.807, 2.05) is 31.2 Å². The molecular weight excluding hydrogens is 248 g/mol. The lowest BCUT2D eigenvalue weighted by atomic mass is 10.1. The van der Waals surface area contributed by atoms with Crippen LogP contribution in [0.5, 0.6) is 5.75 Å². The number of halogens is 1. The highest BCUT2D eigenvalue weighted by atomic mass is 35.5. The van der Waals surface area contributed by atoms with Crippen molar-refractivity contribution in [2.24, 2.45) is 0 Å². The highest BCUT2D eigenvalue weighted by Gasteiger charge is 2.06. The Morgan fingerprint density at radius 3 is 2.94 bits per heavy atom. The Morgan fingerprint density at radius 2 is 2.22 bits per heavy atom. The summed E-state index contributed by atoms with van der Waals surface area (Å²) in [5.41, 5.74) is 1.74. The standard InChI is InChI=1S/C14H13ClN2O/c1-2-18-12-5-6-13-11(9-12)8-10(4-3-7-16)14(15)17-13/h5-6,8-9H,2-4H2,1H3. The van der Waals surface area contributed by atoms with E-state index in [1.54, 1.807) is 0 Å². The largest absolute Gasteiger partial charge is 0.494 e. The monoisotopic (exact) mass is 260 g/mol. The summed E-state index contributed by atoms with van der Waals surface area (Å²) in [6.45, 7) is 2.58. The number of nitriles is 1. The number of fused-ring (bicyclic) bond motifs is 1. The maximum atomic E-state index is 8.61. The van der Waals surface area contributed by atoms with Crippen molar-refractivity contribution < 1.29 is 4.74 Å². The van der Waals surface area contributed by atoms with Crippen molar-refractivity contribution in [2.45, 2.75) is 19.8 Å². The molecule has 1 heterocycles. The Morgan fingerprint density at radius 1 is 1.39 bits per heavy atom. The minimum Gasteiger partial charge on any atom is -0.494 e. The number of pyridine rings is 1. The molecule has 4 heteroatoms. The molecule has 0 N–H and O–H groups in total. The van der Waals surface area contributed by atoms with Gasteiger partial charge in [-0.1, -0.05) is 11.6 Å². The van der Waals surface area contributed by atoms with Crippen LogP contribution in [0.15, 0.2) is 24.3 Å². The van der Waals surface area contributed by atoms with Gasteiger partial charge in [0.05, 0.1) is 18.2 Å². The molecule has 1 aromatic carbocycles. The van der Waals surface area contributed by atoms with Gasteiger partial charge in [-0.05, 0) is 43.2 Å². The third kappa shape index (κ3) is 2.72. The second-order valence-electron chi connectivity index (χ2n) is 3.88. The Bertz CT molecular complexity index is 605. The van der Waals surface area contributed by atoms with E-state index >= 15 is 0 Å². The first-order chi connectivity index (χ1) is 8.74. The van der Waals surface area contributed by atoms with Crippen LogP contribution >= 0.6 is 11.6 Å². The van der Waals surface area contributed by atoms with E-state index in [4.69, 9.17) is 21.6 Å². The van der Waals surface area contributed by atoms with E-state index < -0.39 is 0 Å². The van der Waals surface area contributed by atoms with Gasteiger partial charge in [-0.2, -0.15) is 5.26 Å². The SMILES string of the molecule is CCOc1ccc2nc(Cl)c(CCC#N)cc2c1. The highest BCUT2D eigenvalue weighted by Crippen LogP contribution is 2.25. The van der Waals surface area contributed by atoms with Gasteiger partial charge in [0.1, 0.15) is 10.9 Å². The normalized spacial score (nSPS) is 10.3. The van der Waals surface area contributed by atoms with Crippen molar-refractivity contribution >= 4 is 22.5 Å². The summed E-state index contributed by atoms with van der Waals surface area (Å²) in [7, 11) is 0. The van der Waals surface area contributed by atoms with Gasteiger partial charge >= 0.3 is 0 Å². The summed E-state index contributed by atoms with van der Waals surface area (Å²) in [5.74, 6) is 0.820. The number of hydrogen-bond donors (Lipinski definition) is 0. The van der Waals surface area contributed by atoms with Crippen LogP contribution in [0.25, 0.3) is 10.9 Å². The van der Waals surface area contributed by atoms with Gasteiger partial charge in [0.2, 0.25) is 0 Å². The molecule has 0 amide bonds. The van der Waals surface area contributed by atoms with Crippen molar-refractivity contribution in [3.8, 4) is 11.8 Å². The number of benzene rings is 1. The summed E-state index contributed by atoms with van der Waals surface area (Å²) in [4.78, 5) is 4.33. The molecule has 18 heavy (non-hydrogen) atoms. The fourth-order valence-electron chi connectivity index (χ4n) is 1.80. The number of nitrogens with zero attached hydrogens (tertiary/aromatic N) is 2. The first kappa shape index (κ1) is 12.7. The van der Waals surface area contributed by atoms with Gasteiger partial charge < -0.3 is 4.74 Å². The van der Waals surface area contributed by atoms with Gasteiger partial charge in [-0.3, -0.25) is 0 Å². The van der Waals surface area contributed by atoms with Crippen LogP contribution in [-0.2, 0) is 6.42 Å². The Kier molecular flexibility index (Phi) is 4.01. The average Bonchev–Trinajstić information content (AvgIpc) is 2.37. The summed E-state index contributed by atoms with van der Waals surface area (Å²) in [6.07, 6.45) is 1.06. The predicted octanol–water partition coefficient (Wildman–Crippen LogP) is 3.74. The molecule has 0 saturated heterocycles.